The predicted octanol–water partition coefficient (Wildman–Crippen LogP) is 4.75. The first-order chi connectivity index (χ1) is 11.6. The molecular weight excluding hydrogens is 338 g/mol. The van der Waals surface area contributed by atoms with Gasteiger partial charge in [0.2, 0.25) is 0 Å². The Balaban J connectivity index is 1.53. The normalized spacial score (nSPS) is 27.3. The standard InChI is InChI=1S/C19H22ClN3S/c1-14-4-2-10-23(14)11-7-18-22-16-6-5-15(12-17(16)24-18)19(20)8-3-9-21-13-19/h3,5-6,9,12-14H,2,4,7-8,10-11H2,1H3. The number of hydrogen-bond acceptors (Lipinski definition) is 4. The lowest BCUT2D eigenvalue weighted by atomic mass is 9.94. The molecule has 2 aliphatic heterocycles. The van der Waals surface area contributed by atoms with Gasteiger partial charge in [-0.1, -0.05) is 12.1 Å². The van der Waals surface area contributed by atoms with Crippen LogP contribution < -0.4 is 0 Å². The molecule has 2 aliphatic rings. The predicted molar refractivity (Wildman–Crippen MR) is 103 cm³/mol. The highest BCUT2D eigenvalue weighted by atomic mass is 35.5. The molecule has 0 aliphatic carbocycles. The van der Waals surface area contributed by atoms with Crippen LogP contribution in [0.3, 0.4) is 0 Å². The summed E-state index contributed by atoms with van der Waals surface area (Å²) in [6.07, 6.45) is 10.1. The number of aliphatic imine (C=N–C) groups is 1. The van der Waals surface area contributed by atoms with E-state index < -0.39 is 4.87 Å². The minimum absolute atomic E-state index is 0.516. The summed E-state index contributed by atoms with van der Waals surface area (Å²) in [6.45, 7) is 4.68. The monoisotopic (exact) mass is 359 g/mol. The van der Waals surface area contributed by atoms with Gasteiger partial charge >= 0.3 is 0 Å². The molecule has 0 spiro atoms. The number of hydrogen-bond donors (Lipinski definition) is 0. The largest absolute Gasteiger partial charge is 0.300 e. The number of rotatable bonds is 4. The van der Waals surface area contributed by atoms with Gasteiger partial charge in [0.25, 0.3) is 0 Å². The molecular formula is C19H22ClN3S. The maximum absolute atomic E-state index is 6.75. The van der Waals surface area contributed by atoms with Crippen molar-refractivity contribution in [3.05, 3.63) is 41.0 Å². The zero-order valence-electron chi connectivity index (χ0n) is 13.9. The highest BCUT2D eigenvalue weighted by Gasteiger charge is 2.28. The molecule has 1 aromatic carbocycles. The highest BCUT2D eigenvalue weighted by Crippen LogP contribution is 2.36. The lowest BCUT2D eigenvalue weighted by Gasteiger charge is -2.23. The Kier molecular flexibility index (Phi) is 4.46. The Morgan fingerprint density at radius 1 is 1.42 bits per heavy atom. The Morgan fingerprint density at radius 3 is 3.08 bits per heavy atom. The molecule has 1 fully saturated rings. The van der Waals surface area contributed by atoms with Crippen molar-refractivity contribution in [2.75, 3.05) is 13.1 Å². The topological polar surface area (TPSA) is 28.5 Å². The summed E-state index contributed by atoms with van der Waals surface area (Å²) in [5.41, 5.74) is 2.19. The van der Waals surface area contributed by atoms with Crippen molar-refractivity contribution < 1.29 is 0 Å². The van der Waals surface area contributed by atoms with Crippen molar-refractivity contribution in [1.82, 2.24) is 9.88 Å². The van der Waals surface area contributed by atoms with Crippen LogP contribution in [0.25, 0.3) is 10.2 Å². The van der Waals surface area contributed by atoms with Crippen LogP contribution in [-0.4, -0.2) is 35.2 Å². The number of alkyl halides is 1. The van der Waals surface area contributed by atoms with E-state index in [1.54, 1.807) is 11.3 Å². The molecule has 0 bridgehead atoms. The minimum Gasteiger partial charge on any atom is -0.300 e. The second-order valence-electron chi connectivity index (χ2n) is 6.80. The van der Waals surface area contributed by atoms with Crippen molar-refractivity contribution in [2.24, 2.45) is 4.99 Å². The van der Waals surface area contributed by atoms with Crippen molar-refractivity contribution in [1.29, 1.82) is 0 Å². The zero-order chi connectivity index (χ0) is 16.6. The van der Waals surface area contributed by atoms with Crippen LogP contribution in [-0.2, 0) is 11.3 Å². The summed E-state index contributed by atoms with van der Waals surface area (Å²) in [5.74, 6) is 0. The molecule has 2 atom stereocenters. The van der Waals surface area contributed by atoms with Crippen LogP contribution >= 0.6 is 22.9 Å². The van der Waals surface area contributed by atoms with Gasteiger partial charge in [0.15, 0.2) is 0 Å². The fraction of sp³-hybridized carbons (Fsp3) is 0.474. The smallest absolute Gasteiger partial charge is 0.108 e. The molecule has 0 radical (unpaired) electrons. The summed E-state index contributed by atoms with van der Waals surface area (Å²) < 4.78 is 1.22. The average molecular weight is 360 g/mol. The molecule has 1 aromatic heterocycles. The first kappa shape index (κ1) is 16.2. The van der Waals surface area contributed by atoms with E-state index >= 15 is 0 Å². The molecule has 1 saturated heterocycles. The summed E-state index contributed by atoms with van der Waals surface area (Å²) in [4.78, 5) is 11.1. The van der Waals surface area contributed by atoms with E-state index in [2.05, 4.69) is 35.0 Å². The minimum atomic E-state index is -0.516. The highest BCUT2D eigenvalue weighted by molar-refractivity contribution is 7.18. The maximum atomic E-state index is 6.75. The maximum Gasteiger partial charge on any atom is 0.108 e. The Morgan fingerprint density at radius 2 is 2.33 bits per heavy atom. The van der Waals surface area contributed by atoms with Crippen LogP contribution in [0.4, 0.5) is 0 Å². The van der Waals surface area contributed by atoms with Crippen molar-refractivity contribution in [2.45, 2.75) is 43.5 Å². The van der Waals surface area contributed by atoms with Gasteiger partial charge in [-0.05, 0) is 50.4 Å². The quantitative estimate of drug-likeness (QED) is 0.737. The third kappa shape index (κ3) is 3.15. The van der Waals surface area contributed by atoms with E-state index in [0.717, 1.165) is 36.5 Å². The Bertz CT molecular complexity index is 797. The van der Waals surface area contributed by atoms with E-state index in [1.165, 1.54) is 29.1 Å². The summed E-state index contributed by atoms with van der Waals surface area (Å²) >= 11 is 8.55. The van der Waals surface area contributed by atoms with E-state index in [0.29, 0.717) is 0 Å². The Labute approximate surface area is 152 Å². The van der Waals surface area contributed by atoms with Gasteiger partial charge in [-0.2, -0.15) is 0 Å². The van der Waals surface area contributed by atoms with Gasteiger partial charge in [-0.25, -0.2) is 4.98 Å². The van der Waals surface area contributed by atoms with Crippen LogP contribution in [0.1, 0.15) is 36.8 Å². The van der Waals surface area contributed by atoms with E-state index in [-0.39, 0.29) is 0 Å². The fourth-order valence-corrected chi connectivity index (χ4v) is 4.85. The molecule has 2 unspecified atom stereocenters. The van der Waals surface area contributed by atoms with E-state index in [4.69, 9.17) is 16.6 Å². The molecule has 2 aromatic rings. The van der Waals surface area contributed by atoms with Gasteiger partial charge in [-0.3, -0.25) is 4.99 Å². The number of halogens is 1. The Hall–Kier alpha value is -1.23. The summed E-state index contributed by atoms with van der Waals surface area (Å²) in [7, 11) is 0. The van der Waals surface area contributed by atoms with Gasteiger partial charge in [-0.15, -0.1) is 22.9 Å². The molecule has 0 N–H and O–H groups in total. The number of allylic oxidation sites excluding steroid dienone is 1. The molecule has 4 rings (SSSR count). The van der Waals surface area contributed by atoms with Crippen molar-refractivity contribution in [3.63, 3.8) is 0 Å². The molecule has 5 heteroatoms. The second-order valence-corrected chi connectivity index (χ2v) is 8.59. The SMILES string of the molecule is CC1CCCN1CCc1nc2ccc(C3(Cl)C=NC=CC3)cc2s1. The summed E-state index contributed by atoms with van der Waals surface area (Å²) in [6, 6.07) is 7.10. The molecule has 126 valence electrons. The van der Waals surface area contributed by atoms with Crippen LogP contribution in [0.2, 0.25) is 0 Å². The first-order valence-electron chi connectivity index (χ1n) is 8.66. The zero-order valence-corrected chi connectivity index (χ0v) is 15.5. The molecule has 0 amide bonds. The van der Waals surface area contributed by atoms with E-state index in [9.17, 15) is 0 Å². The lowest BCUT2D eigenvalue weighted by molar-refractivity contribution is 0.272. The average Bonchev–Trinajstić information content (AvgIpc) is 3.18. The van der Waals surface area contributed by atoms with Crippen LogP contribution in [0.15, 0.2) is 35.5 Å². The van der Waals surface area contributed by atoms with Crippen LogP contribution in [0, 0.1) is 0 Å². The van der Waals surface area contributed by atoms with Gasteiger partial charge in [0, 0.05) is 31.4 Å². The molecule has 0 saturated carbocycles. The molecule has 24 heavy (non-hydrogen) atoms. The van der Waals surface area contributed by atoms with Gasteiger partial charge in [0.1, 0.15) is 4.87 Å². The van der Waals surface area contributed by atoms with Gasteiger partial charge < -0.3 is 4.90 Å². The third-order valence-electron chi connectivity index (χ3n) is 5.10. The lowest BCUT2D eigenvalue weighted by Crippen LogP contribution is -2.28. The summed E-state index contributed by atoms with van der Waals surface area (Å²) in [5, 5.41) is 1.22. The molecule has 3 nitrogen and oxygen atoms in total. The number of aromatic nitrogens is 1. The van der Waals surface area contributed by atoms with Crippen molar-refractivity contribution in [3.8, 4) is 0 Å². The second kappa shape index (κ2) is 6.58. The van der Waals surface area contributed by atoms with Gasteiger partial charge in [0.05, 0.1) is 15.2 Å². The fourth-order valence-electron chi connectivity index (χ4n) is 3.59. The number of nitrogens with zero attached hydrogens (tertiary/aromatic N) is 3. The number of benzene rings is 1. The number of likely N-dealkylation sites (tertiary alicyclic amines) is 1. The number of thiazole rings is 1. The molecule has 3 heterocycles. The van der Waals surface area contributed by atoms with Crippen LogP contribution in [0.5, 0.6) is 0 Å². The van der Waals surface area contributed by atoms with E-state index in [1.807, 2.05) is 18.5 Å². The number of fused-ring (bicyclic) bond motifs is 1. The first-order valence-corrected chi connectivity index (χ1v) is 9.86. The third-order valence-corrected chi connectivity index (χ3v) is 6.65. The van der Waals surface area contributed by atoms with Crippen molar-refractivity contribution >= 4 is 39.4 Å².